The zero-order chi connectivity index (χ0) is 16.2. The molecule has 1 aromatic heterocycles. The average Bonchev–Trinajstić information content (AvgIpc) is 3.11. The SMILES string of the molecule is c1ccc(-c2cccc(Cn3cncc3C3CCCCC3)c2)cc1. The van der Waals surface area contributed by atoms with Gasteiger partial charge in [-0.15, -0.1) is 0 Å². The molecule has 1 aliphatic carbocycles. The van der Waals surface area contributed by atoms with E-state index in [2.05, 4.69) is 70.3 Å². The lowest BCUT2D eigenvalue weighted by Gasteiger charge is -2.23. The fourth-order valence-corrected chi connectivity index (χ4v) is 3.88. The molecule has 2 aromatic carbocycles. The van der Waals surface area contributed by atoms with Gasteiger partial charge in [0.05, 0.1) is 6.33 Å². The fourth-order valence-electron chi connectivity index (χ4n) is 3.88. The highest BCUT2D eigenvalue weighted by Gasteiger charge is 2.19. The van der Waals surface area contributed by atoms with Crippen molar-refractivity contribution in [2.24, 2.45) is 0 Å². The quantitative estimate of drug-likeness (QED) is 0.608. The maximum absolute atomic E-state index is 4.44. The molecule has 1 saturated carbocycles. The van der Waals surface area contributed by atoms with Crippen molar-refractivity contribution in [3.05, 3.63) is 78.4 Å². The molecule has 1 aliphatic rings. The van der Waals surface area contributed by atoms with Gasteiger partial charge in [0.2, 0.25) is 0 Å². The van der Waals surface area contributed by atoms with E-state index in [0.29, 0.717) is 5.92 Å². The Balaban J connectivity index is 1.57. The third-order valence-corrected chi connectivity index (χ3v) is 5.15. The Morgan fingerprint density at radius 1 is 0.875 bits per heavy atom. The van der Waals surface area contributed by atoms with Gasteiger partial charge in [0.1, 0.15) is 0 Å². The molecule has 24 heavy (non-hydrogen) atoms. The average molecular weight is 316 g/mol. The van der Waals surface area contributed by atoms with E-state index in [-0.39, 0.29) is 0 Å². The Morgan fingerprint density at radius 2 is 1.67 bits per heavy atom. The first-order chi connectivity index (χ1) is 11.9. The van der Waals surface area contributed by atoms with Crippen LogP contribution in [0.15, 0.2) is 67.1 Å². The minimum Gasteiger partial charge on any atom is -0.330 e. The standard InChI is InChI=1S/C22H24N2/c1-3-9-19(10-4-1)21-13-7-8-18(14-21)16-24-17-23-15-22(24)20-11-5-2-6-12-20/h1,3-4,7-10,13-15,17,20H,2,5-6,11-12,16H2. The molecule has 1 fully saturated rings. The lowest BCUT2D eigenvalue weighted by Crippen LogP contribution is -2.11. The Bertz CT molecular complexity index is 782. The number of hydrogen-bond acceptors (Lipinski definition) is 1. The highest BCUT2D eigenvalue weighted by molar-refractivity contribution is 5.63. The van der Waals surface area contributed by atoms with Crippen LogP contribution in [0.4, 0.5) is 0 Å². The lowest BCUT2D eigenvalue weighted by atomic mass is 9.87. The summed E-state index contributed by atoms with van der Waals surface area (Å²) < 4.78 is 2.35. The van der Waals surface area contributed by atoms with Crippen LogP contribution in [0.5, 0.6) is 0 Å². The molecule has 0 aliphatic heterocycles. The van der Waals surface area contributed by atoms with Crippen LogP contribution < -0.4 is 0 Å². The summed E-state index contributed by atoms with van der Waals surface area (Å²) in [4.78, 5) is 4.44. The van der Waals surface area contributed by atoms with E-state index in [1.807, 2.05) is 6.33 Å². The van der Waals surface area contributed by atoms with E-state index in [4.69, 9.17) is 0 Å². The van der Waals surface area contributed by atoms with Crippen LogP contribution in [0.25, 0.3) is 11.1 Å². The molecule has 0 spiro atoms. The van der Waals surface area contributed by atoms with Gasteiger partial charge in [-0.3, -0.25) is 0 Å². The van der Waals surface area contributed by atoms with Crippen LogP contribution >= 0.6 is 0 Å². The molecular formula is C22H24N2. The summed E-state index contributed by atoms with van der Waals surface area (Å²) >= 11 is 0. The minimum atomic E-state index is 0.693. The molecule has 2 heteroatoms. The molecule has 0 atom stereocenters. The molecule has 0 saturated heterocycles. The summed E-state index contributed by atoms with van der Waals surface area (Å²) in [5, 5.41) is 0. The van der Waals surface area contributed by atoms with Gasteiger partial charge in [0.15, 0.2) is 0 Å². The smallest absolute Gasteiger partial charge is 0.0951 e. The molecule has 4 rings (SSSR count). The van der Waals surface area contributed by atoms with Crippen molar-refractivity contribution in [1.82, 2.24) is 9.55 Å². The van der Waals surface area contributed by atoms with Crippen molar-refractivity contribution < 1.29 is 0 Å². The van der Waals surface area contributed by atoms with Gasteiger partial charge < -0.3 is 4.57 Å². The number of aromatic nitrogens is 2. The van der Waals surface area contributed by atoms with E-state index in [1.54, 1.807) is 0 Å². The Morgan fingerprint density at radius 3 is 2.50 bits per heavy atom. The number of benzene rings is 2. The lowest BCUT2D eigenvalue weighted by molar-refractivity contribution is 0.426. The van der Waals surface area contributed by atoms with E-state index < -0.39 is 0 Å². The third-order valence-electron chi connectivity index (χ3n) is 5.15. The second-order valence-corrected chi connectivity index (χ2v) is 6.85. The van der Waals surface area contributed by atoms with Gasteiger partial charge in [-0.2, -0.15) is 0 Å². The predicted octanol–water partition coefficient (Wildman–Crippen LogP) is 5.65. The van der Waals surface area contributed by atoms with Crippen molar-refractivity contribution in [1.29, 1.82) is 0 Å². The van der Waals surface area contributed by atoms with E-state index >= 15 is 0 Å². The zero-order valence-corrected chi connectivity index (χ0v) is 14.1. The molecule has 0 amide bonds. The molecule has 0 radical (unpaired) electrons. The van der Waals surface area contributed by atoms with Crippen LogP contribution in [0.1, 0.15) is 49.3 Å². The van der Waals surface area contributed by atoms with Crippen LogP contribution in [-0.2, 0) is 6.54 Å². The Labute approximate surface area is 144 Å². The molecule has 3 aromatic rings. The predicted molar refractivity (Wildman–Crippen MR) is 99.0 cm³/mol. The topological polar surface area (TPSA) is 17.8 Å². The van der Waals surface area contributed by atoms with Gasteiger partial charge in [0, 0.05) is 24.4 Å². The van der Waals surface area contributed by atoms with Gasteiger partial charge in [-0.25, -0.2) is 4.98 Å². The molecular weight excluding hydrogens is 292 g/mol. The second kappa shape index (κ2) is 7.04. The monoisotopic (exact) mass is 316 g/mol. The third kappa shape index (κ3) is 3.28. The first-order valence-electron chi connectivity index (χ1n) is 9.04. The van der Waals surface area contributed by atoms with Gasteiger partial charge in [-0.05, 0) is 35.6 Å². The summed E-state index contributed by atoms with van der Waals surface area (Å²) in [7, 11) is 0. The van der Waals surface area contributed by atoms with Crippen LogP contribution in [0, 0.1) is 0 Å². The van der Waals surface area contributed by atoms with E-state index in [9.17, 15) is 0 Å². The zero-order valence-electron chi connectivity index (χ0n) is 14.1. The number of hydrogen-bond donors (Lipinski definition) is 0. The molecule has 2 nitrogen and oxygen atoms in total. The maximum atomic E-state index is 4.44. The Hall–Kier alpha value is -2.35. The van der Waals surface area contributed by atoms with Crippen molar-refractivity contribution in [3.63, 3.8) is 0 Å². The van der Waals surface area contributed by atoms with Crippen molar-refractivity contribution in [2.45, 2.75) is 44.6 Å². The van der Waals surface area contributed by atoms with E-state index in [1.165, 1.54) is 54.5 Å². The maximum Gasteiger partial charge on any atom is 0.0951 e. The number of nitrogens with zero attached hydrogens (tertiary/aromatic N) is 2. The first kappa shape index (κ1) is 15.2. The number of rotatable bonds is 4. The van der Waals surface area contributed by atoms with Crippen molar-refractivity contribution >= 4 is 0 Å². The van der Waals surface area contributed by atoms with Gasteiger partial charge >= 0.3 is 0 Å². The summed E-state index contributed by atoms with van der Waals surface area (Å²) in [5.41, 5.74) is 5.32. The number of imidazole rings is 1. The molecule has 0 unspecified atom stereocenters. The van der Waals surface area contributed by atoms with Crippen LogP contribution in [0.2, 0.25) is 0 Å². The van der Waals surface area contributed by atoms with Crippen LogP contribution in [0.3, 0.4) is 0 Å². The summed E-state index contributed by atoms with van der Waals surface area (Å²) in [6.45, 7) is 0.909. The molecule has 1 heterocycles. The first-order valence-corrected chi connectivity index (χ1v) is 9.04. The van der Waals surface area contributed by atoms with Gasteiger partial charge in [-0.1, -0.05) is 67.8 Å². The Kier molecular flexibility index (Phi) is 4.46. The molecule has 122 valence electrons. The highest BCUT2D eigenvalue weighted by atomic mass is 15.0. The fraction of sp³-hybridized carbons (Fsp3) is 0.318. The minimum absolute atomic E-state index is 0.693. The van der Waals surface area contributed by atoms with Crippen molar-refractivity contribution in [3.8, 4) is 11.1 Å². The molecule has 0 bridgehead atoms. The van der Waals surface area contributed by atoms with Crippen molar-refractivity contribution in [2.75, 3.05) is 0 Å². The molecule has 0 N–H and O–H groups in total. The normalized spacial score (nSPS) is 15.5. The summed E-state index contributed by atoms with van der Waals surface area (Å²) in [6.07, 6.45) is 10.8. The van der Waals surface area contributed by atoms with E-state index in [0.717, 1.165) is 6.54 Å². The summed E-state index contributed by atoms with van der Waals surface area (Å²) in [5.74, 6) is 0.693. The second-order valence-electron chi connectivity index (χ2n) is 6.85. The highest BCUT2D eigenvalue weighted by Crippen LogP contribution is 2.32. The van der Waals surface area contributed by atoms with Gasteiger partial charge in [0.25, 0.3) is 0 Å². The van der Waals surface area contributed by atoms with Crippen LogP contribution in [-0.4, -0.2) is 9.55 Å². The summed E-state index contributed by atoms with van der Waals surface area (Å²) in [6, 6.07) is 19.5. The largest absolute Gasteiger partial charge is 0.330 e.